The van der Waals surface area contributed by atoms with Gasteiger partial charge in [-0.1, -0.05) is 23.7 Å². The van der Waals surface area contributed by atoms with Gasteiger partial charge in [0.2, 0.25) is 0 Å². The fourth-order valence-electron chi connectivity index (χ4n) is 4.78. The molecule has 0 spiro atoms. The molecule has 196 valence electrons. The normalized spacial score (nSPS) is 20.1. The van der Waals surface area contributed by atoms with E-state index in [2.05, 4.69) is 20.5 Å². The Morgan fingerprint density at radius 2 is 2.00 bits per heavy atom. The monoisotopic (exact) mass is 533 g/mol. The van der Waals surface area contributed by atoms with E-state index in [0.29, 0.717) is 17.9 Å². The third kappa shape index (κ3) is 5.57. The lowest BCUT2D eigenvalue weighted by Gasteiger charge is -2.43. The van der Waals surface area contributed by atoms with Gasteiger partial charge >= 0.3 is 11.9 Å². The van der Waals surface area contributed by atoms with Gasteiger partial charge in [-0.3, -0.25) is 14.8 Å². The van der Waals surface area contributed by atoms with Crippen LogP contribution in [0.4, 0.5) is 20.4 Å². The van der Waals surface area contributed by atoms with E-state index in [-0.39, 0.29) is 48.4 Å². The second-order valence-electron chi connectivity index (χ2n) is 9.43. The fourth-order valence-corrected chi connectivity index (χ4v) is 4.98. The predicted octanol–water partition coefficient (Wildman–Crippen LogP) is 4.78. The van der Waals surface area contributed by atoms with Gasteiger partial charge in [0.15, 0.2) is 11.6 Å². The lowest BCUT2D eigenvalue weighted by atomic mass is 9.72. The molecule has 1 fully saturated rings. The molecular weight excluding hydrogens is 508 g/mol. The molecule has 12 heteroatoms. The van der Waals surface area contributed by atoms with E-state index >= 15 is 4.39 Å². The van der Waals surface area contributed by atoms with Crippen molar-refractivity contribution in [1.82, 2.24) is 20.1 Å². The van der Waals surface area contributed by atoms with Crippen molar-refractivity contribution in [3.63, 3.8) is 0 Å². The van der Waals surface area contributed by atoms with E-state index < -0.39 is 34.6 Å². The molecule has 0 amide bonds. The molecular formula is C25H26ClF2N5O4. The topological polar surface area (TPSA) is 131 Å². The second-order valence-corrected chi connectivity index (χ2v) is 9.84. The maximum Gasteiger partial charge on any atom is 0.338 e. The van der Waals surface area contributed by atoms with Crippen molar-refractivity contribution in [1.29, 1.82) is 0 Å². The number of aromatic nitrogens is 3. The first-order chi connectivity index (χ1) is 17.5. The van der Waals surface area contributed by atoms with Gasteiger partial charge in [-0.15, -0.1) is 0 Å². The van der Waals surface area contributed by atoms with Gasteiger partial charge in [-0.05, 0) is 45.4 Å². The van der Waals surface area contributed by atoms with Crippen LogP contribution >= 0.6 is 11.6 Å². The van der Waals surface area contributed by atoms with Crippen molar-refractivity contribution in [2.75, 3.05) is 11.9 Å². The van der Waals surface area contributed by atoms with Crippen LogP contribution in [0.25, 0.3) is 0 Å². The molecule has 1 aromatic carbocycles. The van der Waals surface area contributed by atoms with Gasteiger partial charge in [0.05, 0.1) is 16.1 Å². The van der Waals surface area contributed by atoms with Crippen LogP contribution in [0.5, 0.6) is 0 Å². The molecule has 3 heterocycles. The number of aryl methyl sites for hydroxylation is 1. The van der Waals surface area contributed by atoms with Crippen LogP contribution in [0.1, 0.15) is 47.1 Å². The van der Waals surface area contributed by atoms with E-state index in [1.54, 1.807) is 25.1 Å². The van der Waals surface area contributed by atoms with Gasteiger partial charge in [0.25, 0.3) is 0 Å². The Kier molecular flexibility index (Phi) is 7.47. The Bertz CT molecular complexity index is 1350. The molecule has 2 atom stereocenters. The first kappa shape index (κ1) is 26.5. The number of aliphatic carboxylic acids is 1. The first-order valence-corrected chi connectivity index (χ1v) is 12.0. The summed E-state index contributed by atoms with van der Waals surface area (Å²) in [7, 11) is 0. The summed E-state index contributed by atoms with van der Waals surface area (Å²) in [5, 5.41) is 29.3. The van der Waals surface area contributed by atoms with E-state index in [4.69, 9.17) is 11.6 Å². The fraction of sp³-hybridized carbons (Fsp3) is 0.360. The molecule has 37 heavy (non-hydrogen) atoms. The highest BCUT2D eigenvalue weighted by Gasteiger charge is 2.45. The Morgan fingerprint density at radius 1 is 1.24 bits per heavy atom. The Labute approximate surface area is 216 Å². The number of carbonyl (C=O) groups is 2. The largest absolute Gasteiger partial charge is 0.481 e. The third-order valence-electron chi connectivity index (χ3n) is 6.77. The zero-order chi connectivity index (χ0) is 26.9. The summed E-state index contributed by atoms with van der Waals surface area (Å²) >= 11 is 5.89. The number of carboxylic acid groups (broad SMARTS) is 2. The summed E-state index contributed by atoms with van der Waals surface area (Å²) in [5.74, 6) is -3.85. The average molecular weight is 534 g/mol. The van der Waals surface area contributed by atoms with Gasteiger partial charge < -0.3 is 15.5 Å². The number of aromatic carboxylic acids is 1. The van der Waals surface area contributed by atoms with E-state index in [9.17, 15) is 24.2 Å². The van der Waals surface area contributed by atoms with Gasteiger partial charge in [0.1, 0.15) is 17.2 Å². The van der Waals surface area contributed by atoms with Gasteiger partial charge in [-0.25, -0.2) is 18.6 Å². The van der Waals surface area contributed by atoms with Crippen LogP contribution in [0, 0.1) is 24.0 Å². The standard InChI is InChI=1S/C25H26ClF2N5O4/c1-13-8-20(32-31-13)30-19-9-16(23(34)35)22(28)18(29-19)11-25(24(36)37)6-7-33(14(2)10-25)12-15-4-3-5-17(26)21(15)27/h3-5,8-9,14H,6-7,10-12H2,1-2H3,(H,34,35)(H,36,37)(H2,29,30,31,32)/t14-,25-/m1/s1. The smallest absolute Gasteiger partial charge is 0.338 e. The molecule has 9 nitrogen and oxygen atoms in total. The van der Waals surface area contributed by atoms with Crippen molar-refractivity contribution in [2.45, 2.75) is 45.7 Å². The number of H-pyrrole nitrogens is 1. The van der Waals surface area contributed by atoms with Crippen LogP contribution in [0.15, 0.2) is 30.3 Å². The lowest BCUT2D eigenvalue weighted by molar-refractivity contribution is -0.153. The van der Waals surface area contributed by atoms with Crippen molar-refractivity contribution >= 4 is 35.2 Å². The Hall–Kier alpha value is -3.57. The zero-order valence-corrected chi connectivity index (χ0v) is 20.9. The van der Waals surface area contributed by atoms with Crippen LogP contribution < -0.4 is 5.32 Å². The minimum absolute atomic E-state index is 0.0105. The number of nitrogens with one attached hydrogen (secondary N) is 2. The second kappa shape index (κ2) is 10.4. The number of nitrogens with zero attached hydrogens (tertiary/aromatic N) is 3. The van der Waals surface area contributed by atoms with Crippen molar-refractivity contribution in [3.8, 4) is 0 Å². The van der Waals surface area contributed by atoms with Crippen molar-refractivity contribution in [2.24, 2.45) is 5.41 Å². The highest BCUT2D eigenvalue weighted by Crippen LogP contribution is 2.40. The SMILES string of the molecule is Cc1cc(Nc2cc(C(=O)O)c(F)c(C[C@@]3(C(=O)O)CCN(Cc4cccc(Cl)c4F)[C@H](C)C3)n2)n[nH]1. The molecule has 1 aliphatic rings. The van der Waals surface area contributed by atoms with Crippen molar-refractivity contribution in [3.05, 3.63) is 69.5 Å². The molecule has 1 aliphatic heterocycles. The van der Waals surface area contributed by atoms with Gasteiger partial charge in [0, 0.05) is 36.3 Å². The van der Waals surface area contributed by atoms with Crippen LogP contribution in [-0.4, -0.2) is 54.8 Å². The quantitative estimate of drug-likeness (QED) is 0.325. The first-order valence-electron chi connectivity index (χ1n) is 11.6. The Balaban J connectivity index is 1.61. The minimum atomic E-state index is -1.50. The number of hydrogen-bond donors (Lipinski definition) is 4. The van der Waals surface area contributed by atoms with Crippen molar-refractivity contribution < 1.29 is 28.6 Å². The molecule has 0 saturated carbocycles. The van der Waals surface area contributed by atoms with Crippen LogP contribution in [0.2, 0.25) is 5.02 Å². The highest BCUT2D eigenvalue weighted by molar-refractivity contribution is 6.30. The summed E-state index contributed by atoms with van der Waals surface area (Å²) in [6.07, 6.45) is -0.0495. The number of piperidine rings is 1. The van der Waals surface area contributed by atoms with Gasteiger partial charge in [-0.2, -0.15) is 5.10 Å². The summed E-state index contributed by atoms with van der Waals surface area (Å²) in [6, 6.07) is 7.14. The predicted molar refractivity (Wildman–Crippen MR) is 132 cm³/mol. The number of likely N-dealkylation sites (tertiary alicyclic amines) is 1. The molecule has 0 bridgehead atoms. The molecule has 4 rings (SSSR count). The summed E-state index contributed by atoms with van der Waals surface area (Å²) in [4.78, 5) is 30.4. The Morgan fingerprint density at radius 3 is 2.62 bits per heavy atom. The minimum Gasteiger partial charge on any atom is -0.481 e. The zero-order valence-electron chi connectivity index (χ0n) is 20.2. The van der Waals surface area contributed by atoms with Crippen LogP contribution in [-0.2, 0) is 17.8 Å². The molecule has 2 aromatic heterocycles. The number of benzene rings is 1. The van der Waals surface area contributed by atoms with E-state index in [1.165, 1.54) is 6.07 Å². The summed E-state index contributed by atoms with van der Waals surface area (Å²) in [5.41, 5.74) is -1.14. The summed E-state index contributed by atoms with van der Waals surface area (Å²) < 4.78 is 29.7. The highest BCUT2D eigenvalue weighted by atomic mass is 35.5. The molecule has 4 N–H and O–H groups in total. The van der Waals surface area contributed by atoms with Crippen LogP contribution in [0.3, 0.4) is 0 Å². The molecule has 0 unspecified atom stereocenters. The average Bonchev–Trinajstić information content (AvgIpc) is 3.24. The number of rotatable bonds is 8. The summed E-state index contributed by atoms with van der Waals surface area (Å²) in [6.45, 7) is 4.14. The maximum absolute atomic E-state index is 15.2. The van der Waals surface area contributed by atoms with E-state index in [1.807, 2.05) is 11.8 Å². The number of halogens is 3. The molecule has 0 aliphatic carbocycles. The van der Waals surface area contributed by atoms with E-state index in [0.717, 1.165) is 11.8 Å². The number of anilines is 2. The number of pyridine rings is 1. The number of carboxylic acids is 2. The third-order valence-corrected chi connectivity index (χ3v) is 7.06. The number of hydrogen-bond acceptors (Lipinski definition) is 6. The molecule has 3 aromatic rings. The molecule has 0 radical (unpaired) electrons. The maximum atomic E-state index is 15.2. The number of aromatic amines is 1. The molecule has 1 saturated heterocycles. The lowest BCUT2D eigenvalue weighted by Crippen LogP contribution is -2.50.